The van der Waals surface area contributed by atoms with Crippen LogP contribution in [0.15, 0.2) is 53.9 Å². The highest BCUT2D eigenvalue weighted by atomic mass is 32.1. The number of nitrogens with zero attached hydrogens (tertiary/aromatic N) is 1. The summed E-state index contributed by atoms with van der Waals surface area (Å²) < 4.78 is 0. The molecule has 5 nitrogen and oxygen atoms in total. The zero-order valence-corrected chi connectivity index (χ0v) is 17.3. The summed E-state index contributed by atoms with van der Waals surface area (Å²) in [5.41, 5.74) is 3.75. The van der Waals surface area contributed by atoms with Gasteiger partial charge in [-0.15, -0.1) is 11.3 Å². The molecule has 0 atom stereocenters. The molecule has 1 aromatic heterocycles. The van der Waals surface area contributed by atoms with Crippen molar-refractivity contribution >= 4 is 28.8 Å². The molecule has 6 heteroatoms. The van der Waals surface area contributed by atoms with Gasteiger partial charge in [-0.3, -0.25) is 9.59 Å². The van der Waals surface area contributed by atoms with Crippen molar-refractivity contribution in [2.24, 2.45) is 0 Å². The van der Waals surface area contributed by atoms with Gasteiger partial charge >= 0.3 is 0 Å². The predicted octanol–water partition coefficient (Wildman–Crippen LogP) is 5.08. The molecule has 3 aromatic rings. The third-order valence-corrected chi connectivity index (χ3v) is 5.75. The molecule has 1 aliphatic rings. The Balaban J connectivity index is 1.44. The first-order valence-corrected chi connectivity index (χ1v) is 10.7. The van der Waals surface area contributed by atoms with Crippen molar-refractivity contribution in [3.05, 3.63) is 70.7 Å². The molecule has 29 heavy (non-hydrogen) atoms. The number of nitrogens with one attached hydrogen (secondary N) is 2. The molecule has 0 radical (unpaired) electrons. The molecule has 0 aliphatic heterocycles. The van der Waals surface area contributed by atoms with Crippen molar-refractivity contribution in [1.29, 1.82) is 0 Å². The minimum atomic E-state index is -0.286. The number of benzene rings is 2. The summed E-state index contributed by atoms with van der Waals surface area (Å²) in [7, 11) is 0. The second-order valence-corrected chi connectivity index (χ2v) is 8.46. The Labute approximate surface area is 174 Å². The van der Waals surface area contributed by atoms with E-state index in [1.807, 2.05) is 12.1 Å². The van der Waals surface area contributed by atoms with Gasteiger partial charge in [0.25, 0.3) is 11.8 Å². The number of thiazole rings is 1. The summed E-state index contributed by atoms with van der Waals surface area (Å²) >= 11 is 1.44. The van der Waals surface area contributed by atoms with E-state index in [0.29, 0.717) is 28.9 Å². The van der Waals surface area contributed by atoms with E-state index in [4.69, 9.17) is 0 Å². The maximum Gasteiger partial charge on any atom is 0.275 e. The third kappa shape index (κ3) is 4.71. The molecule has 4 rings (SSSR count). The zero-order valence-electron chi connectivity index (χ0n) is 16.4. The van der Waals surface area contributed by atoms with E-state index in [1.165, 1.54) is 16.9 Å². The number of hydrogen-bond acceptors (Lipinski definition) is 4. The highest BCUT2D eigenvalue weighted by Crippen LogP contribution is 2.26. The molecule has 1 fully saturated rings. The Morgan fingerprint density at radius 1 is 1.07 bits per heavy atom. The van der Waals surface area contributed by atoms with Gasteiger partial charge < -0.3 is 10.6 Å². The number of anilines is 1. The summed E-state index contributed by atoms with van der Waals surface area (Å²) in [6.45, 7) is 4.32. The van der Waals surface area contributed by atoms with Crippen LogP contribution in [0.5, 0.6) is 0 Å². The summed E-state index contributed by atoms with van der Waals surface area (Å²) in [6, 6.07) is 15.5. The molecule has 2 amide bonds. The van der Waals surface area contributed by atoms with Crippen molar-refractivity contribution in [1.82, 2.24) is 10.3 Å². The van der Waals surface area contributed by atoms with Gasteiger partial charge in [0, 0.05) is 28.2 Å². The van der Waals surface area contributed by atoms with Crippen molar-refractivity contribution in [3.8, 4) is 10.6 Å². The first kappa shape index (κ1) is 19.3. The Kier molecular flexibility index (Phi) is 5.45. The Morgan fingerprint density at radius 2 is 1.83 bits per heavy atom. The monoisotopic (exact) mass is 405 g/mol. The van der Waals surface area contributed by atoms with Gasteiger partial charge in [-0.05, 0) is 42.5 Å². The van der Waals surface area contributed by atoms with Gasteiger partial charge in [-0.2, -0.15) is 0 Å². The lowest BCUT2D eigenvalue weighted by molar-refractivity contribution is 0.0949. The lowest BCUT2D eigenvalue weighted by atomic mass is 10.0. The Bertz CT molecular complexity index is 1040. The third-order valence-electron chi connectivity index (χ3n) is 4.86. The number of rotatable bonds is 6. The molecule has 2 aromatic carbocycles. The molecular weight excluding hydrogens is 382 g/mol. The number of hydrogen-bond donors (Lipinski definition) is 2. The lowest BCUT2D eigenvalue weighted by Crippen LogP contribution is -2.25. The second kappa shape index (κ2) is 8.17. The van der Waals surface area contributed by atoms with Crippen LogP contribution in [0.4, 0.5) is 5.69 Å². The van der Waals surface area contributed by atoms with E-state index >= 15 is 0 Å². The minimum absolute atomic E-state index is 0.107. The summed E-state index contributed by atoms with van der Waals surface area (Å²) in [5, 5.41) is 8.35. The van der Waals surface area contributed by atoms with Crippen LogP contribution < -0.4 is 10.6 Å². The van der Waals surface area contributed by atoms with Crippen molar-refractivity contribution in [2.75, 3.05) is 5.32 Å². The van der Waals surface area contributed by atoms with E-state index in [-0.39, 0.29) is 11.8 Å². The molecule has 0 bridgehead atoms. The van der Waals surface area contributed by atoms with E-state index in [2.05, 4.69) is 41.6 Å². The second-order valence-electron chi connectivity index (χ2n) is 7.60. The van der Waals surface area contributed by atoms with Crippen molar-refractivity contribution in [3.63, 3.8) is 0 Å². The van der Waals surface area contributed by atoms with Crippen LogP contribution in [0.25, 0.3) is 10.6 Å². The molecule has 1 aliphatic carbocycles. The largest absolute Gasteiger partial charge is 0.349 e. The van der Waals surface area contributed by atoms with Crippen LogP contribution in [0, 0.1) is 0 Å². The molecule has 1 saturated carbocycles. The standard InChI is InChI=1S/C23H23N3O2S/c1-14(2)15-6-8-16(9-7-15)23-26-20(13-29-23)22(28)25-19-5-3-4-17(12-19)21(27)24-18-10-11-18/h3-9,12-14,18H,10-11H2,1-2H3,(H,24,27)(H,25,28). The molecule has 0 unspecified atom stereocenters. The number of carbonyl (C=O) groups is 2. The molecular formula is C23H23N3O2S. The summed E-state index contributed by atoms with van der Waals surface area (Å²) in [6.07, 6.45) is 2.07. The molecule has 148 valence electrons. The number of aromatic nitrogens is 1. The van der Waals surface area contributed by atoms with Crippen LogP contribution in [0.2, 0.25) is 0 Å². The van der Waals surface area contributed by atoms with Crippen molar-refractivity contribution < 1.29 is 9.59 Å². The predicted molar refractivity (Wildman–Crippen MR) is 117 cm³/mol. The minimum Gasteiger partial charge on any atom is -0.349 e. The van der Waals surface area contributed by atoms with Gasteiger partial charge in [0.1, 0.15) is 10.7 Å². The number of amides is 2. The average Bonchev–Trinajstić information content (AvgIpc) is 3.39. The first-order chi connectivity index (χ1) is 14.0. The molecule has 0 saturated heterocycles. The van der Waals surface area contributed by atoms with E-state index < -0.39 is 0 Å². The van der Waals surface area contributed by atoms with Crippen LogP contribution in [-0.4, -0.2) is 22.8 Å². The zero-order chi connectivity index (χ0) is 20.4. The smallest absolute Gasteiger partial charge is 0.275 e. The van der Waals surface area contributed by atoms with Gasteiger partial charge in [0.15, 0.2) is 0 Å². The van der Waals surface area contributed by atoms with Crippen LogP contribution in [-0.2, 0) is 0 Å². The quantitative estimate of drug-likeness (QED) is 0.601. The SMILES string of the molecule is CC(C)c1ccc(-c2nc(C(=O)Nc3cccc(C(=O)NC4CC4)c3)cs2)cc1. The molecule has 0 spiro atoms. The maximum atomic E-state index is 12.6. The summed E-state index contributed by atoms with van der Waals surface area (Å²) in [5.74, 6) is 0.0826. The highest BCUT2D eigenvalue weighted by Gasteiger charge is 2.24. The summed E-state index contributed by atoms with van der Waals surface area (Å²) in [4.78, 5) is 29.3. The lowest BCUT2D eigenvalue weighted by Gasteiger charge is -2.07. The average molecular weight is 406 g/mol. The van der Waals surface area contributed by atoms with E-state index in [9.17, 15) is 9.59 Å². The topological polar surface area (TPSA) is 71.1 Å². The Hall–Kier alpha value is -2.99. The highest BCUT2D eigenvalue weighted by molar-refractivity contribution is 7.13. The van der Waals surface area contributed by atoms with Crippen LogP contribution in [0.3, 0.4) is 0 Å². The van der Waals surface area contributed by atoms with Crippen molar-refractivity contribution in [2.45, 2.75) is 38.6 Å². The Morgan fingerprint density at radius 3 is 2.52 bits per heavy atom. The first-order valence-electron chi connectivity index (χ1n) is 9.78. The maximum absolute atomic E-state index is 12.6. The fraction of sp³-hybridized carbons (Fsp3) is 0.261. The fourth-order valence-corrected chi connectivity index (χ4v) is 3.76. The van der Waals surface area contributed by atoms with E-state index in [1.54, 1.807) is 29.6 Å². The van der Waals surface area contributed by atoms with Gasteiger partial charge in [-0.1, -0.05) is 44.2 Å². The van der Waals surface area contributed by atoms with Gasteiger partial charge in [0.05, 0.1) is 0 Å². The molecule has 2 N–H and O–H groups in total. The number of carbonyl (C=O) groups excluding carboxylic acids is 2. The van der Waals surface area contributed by atoms with E-state index in [0.717, 1.165) is 23.4 Å². The van der Waals surface area contributed by atoms with Gasteiger partial charge in [-0.25, -0.2) is 4.98 Å². The molecule has 1 heterocycles. The fourth-order valence-electron chi connectivity index (χ4n) is 2.95. The van der Waals surface area contributed by atoms with Gasteiger partial charge in [0.2, 0.25) is 0 Å². The normalized spacial score (nSPS) is 13.3. The van der Waals surface area contributed by atoms with Crippen LogP contribution >= 0.6 is 11.3 Å². The van der Waals surface area contributed by atoms with Crippen LogP contribution in [0.1, 0.15) is 59.0 Å².